The van der Waals surface area contributed by atoms with Crippen LogP contribution in [0.5, 0.6) is 5.88 Å². The third-order valence-corrected chi connectivity index (χ3v) is 5.35. The first-order valence-corrected chi connectivity index (χ1v) is 9.02. The van der Waals surface area contributed by atoms with Gasteiger partial charge in [0.25, 0.3) is 5.91 Å². The summed E-state index contributed by atoms with van der Waals surface area (Å²) in [6.07, 6.45) is 5.69. The molecular weight excluding hydrogens is 361 g/mol. The molecule has 130 valence electrons. The Hall–Kier alpha value is -1.85. The largest absolute Gasteiger partial charge is 0.476 e. The van der Waals surface area contributed by atoms with Crippen molar-refractivity contribution in [3.05, 3.63) is 51.4 Å². The Labute approximate surface area is 155 Å². The molecule has 1 amide bonds. The smallest absolute Gasteiger partial charge is 0.255 e. The number of rotatable bonds is 5. The average Bonchev–Trinajstić information content (AvgIpc) is 3.37. The van der Waals surface area contributed by atoms with Gasteiger partial charge in [-0.1, -0.05) is 23.2 Å². The van der Waals surface area contributed by atoms with Crippen LogP contribution in [-0.4, -0.2) is 27.4 Å². The molecule has 0 N–H and O–H groups in total. The van der Waals surface area contributed by atoms with Gasteiger partial charge in [0.2, 0.25) is 5.88 Å². The van der Waals surface area contributed by atoms with Gasteiger partial charge in [-0.3, -0.25) is 4.79 Å². The fraction of sp³-hybridized carbons (Fsp3) is 0.389. The fourth-order valence-electron chi connectivity index (χ4n) is 2.96. The molecule has 1 fully saturated rings. The molecule has 5 nitrogen and oxygen atoms in total. The summed E-state index contributed by atoms with van der Waals surface area (Å²) in [5.74, 6) is 1.03. The molecule has 0 bridgehead atoms. The average molecular weight is 378 g/mol. The van der Waals surface area contributed by atoms with E-state index in [1.807, 2.05) is 13.0 Å². The Morgan fingerprint density at radius 3 is 2.84 bits per heavy atom. The molecule has 0 spiro atoms. The predicted molar refractivity (Wildman–Crippen MR) is 95.0 cm³/mol. The number of aromatic nitrogens is 2. The Morgan fingerprint density at radius 1 is 1.36 bits per heavy atom. The van der Waals surface area contributed by atoms with Crippen LogP contribution in [0, 0.1) is 5.92 Å². The molecule has 1 atom stereocenters. The quantitative estimate of drug-likeness (QED) is 0.729. The maximum absolute atomic E-state index is 12.7. The standard InChI is InChI=1S/C18H17Cl2N3O2/c1-10(23-8-14-13(18(23)24)4-5-21-16(14)20)12-6-15(19)17(22-7-12)25-9-11-2-3-11/h4-7,10-11H,2-3,8-9H2,1H3. The van der Waals surface area contributed by atoms with E-state index in [4.69, 9.17) is 27.9 Å². The van der Waals surface area contributed by atoms with Crippen molar-refractivity contribution >= 4 is 29.1 Å². The Kier molecular flexibility index (Phi) is 4.29. The van der Waals surface area contributed by atoms with Gasteiger partial charge in [-0.05, 0) is 43.4 Å². The minimum Gasteiger partial charge on any atom is -0.476 e. The highest BCUT2D eigenvalue weighted by atomic mass is 35.5. The van der Waals surface area contributed by atoms with Crippen LogP contribution in [-0.2, 0) is 6.54 Å². The van der Waals surface area contributed by atoms with Gasteiger partial charge in [-0.2, -0.15) is 0 Å². The van der Waals surface area contributed by atoms with Crippen LogP contribution in [0.15, 0.2) is 24.5 Å². The van der Waals surface area contributed by atoms with Crippen molar-refractivity contribution in [1.29, 1.82) is 0 Å². The molecule has 1 aliphatic carbocycles. The van der Waals surface area contributed by atoms with Crippen LogP contribution in [0.4, 0.5) is 0 Å². The Bertz CT molecular complexity index is 839. The monoisotopic (exact) mass is 377 g/mol. The summed E-state index contributed by atoms with van der Waals surface area (Å²) >= 11 is 12.4. The number of hydrogen-bond acceptors (Lipinski definition) is 4. The summed E-state index contributed by atoms with van der Waals surface area (Å²) in [7, 11) is 0. The molecule has 0 radical (unpaired) electrons. The van der Waals surface area contributed by atoms with Gasteiger partial charge in [-0.25, -0.2) is 9.97 Å². The first kappa shape index (κ1) is 16.6. The fourth-order valence-corrected chi connectivity index (χ4v) is 3.41. The van der Waals surface area contributed by atoms with Crippen LogP contribution >= 0.6 is 23.2 Å². The normalized spacial score (nSPS) is 17.6. The van der Waals surface area contributed by atoms with E-state index < -0.39 is 0 Å². The molecule has 25 heavy (non-hydrogen) atoms. The zero-order valence-corrected chi connectivity index (χ0v) is 15.2. The van der Waals surface area contributed by atoms with E-state index in [2.05, 4.69) is 9.97 Å². The van der Waals surface area contributed by atoms with Gasteiger partial charge in [0.15, 0.2) is 0 Å². The molecular formula is C18H17Cl2N3O2. The number of ether oxygens (including phenoxy) is 1. The van der Waals surface area contributed by atoms with Gasteiger partial charge >= 0.3 is 0 Å². The van der Waals surface area contributed by atoms with E-state index >= 15 is 0 Å². The number of carbonyl (C=O) groups is 1. The highest BCUT2D eigenvalue weighted by molar-refractivity contribution is 6.32. The number of pyridine rings is 2. The van der Waals surface area contributed by atoms with E-state index in [1.54, 1.807) is 23.4 Å². The van der Waals surface area contributed by atoms with Crippen molar-refractivity contribution in [2.75, 3.05) is 6.61 Å². The summed E-state index contributed by atoms with van der Waals surface area (Å²) in [6.45, 7) is 3.04. The third kappa shape index (κ3) is 3.18. The second kappa shape index (κ2) is 6.46. The van der Waals surface area contributed by atoms with Crippen molar-refractivity contribution in [1.82, 2.24) is 14.9 Å². The number of amides is 1. The molecule has 1 saturated carbocycles. The molecule has 2 aliphatic rings. The minimum absolute atomic E-state index is 0.0583. The van der Waals surface area contributed by atoms with Gasteiger partial charge in [-0.15, -0.1) is 0 Å². The molecule has 2 aromatic rings. The summed E-state index contributed by atoms with van der Waals surface area (Å²) in [4.78, 5) is 22.8. The topological polar surface area (TPSA) is 55.3 Å². The van der Waals surface area contributed by atoms with Gasteiger partial charge in [0, 0.05) is 23.5 Å². The molecule has 3 heterocycles. The number of nitrogens with zero attached hydrogens (tertiary/aromatic N) is 3. The zero-order chi connectivity index (χ0) is 17.6. The first-order valence-electron chi connectivity index (χ1n) is 8.27. The van der Waals surface area contributed by atoms with Crippen molar-refractivity contribution < 1.29 is 9.53 Å². The highest BCUT2D eigenvalue weighted by Gasteiger charge is 2.33. The molecule has 0 aromatic carbocycles. The summed E-state index contributed by atoms with van der Waals surface area (Å²) in [5, 5.41) is 0.842. The third-order valence-electron chi connectivity index (χ3n) is 4.75. The molecule has 1 unspecified atom stereocenters. The van der Waals surface area contributed by atoms with Crippen molar-refractivity contribution in [3.63, 3.8) is 0 Å². The highest BCUT2D eigenvalue weighted by Crippen LogP contribution is 2.36. The van der Waals surface area contributed by atoms with Crippen LogP contribution < -0.4 is 4.74 Å². The zero-order valence-electron chi connectivity index (χ0n) is 13.7. The molecule has 4 rings (SSSR count). The number of halogens is 2. The lowest BCUT2D eigenvalue weighted by Crippen LogP contribution is -2.27. The first-order chi connectivity index (χ1) is 12.0. The van der Waals surface area contributed by atoms with Crippen molar-refractivity contribution in [2.45, 2.75) is 32.4 Å². The van der Waals surface area contributed by atoms with Gasteiger partial charge in [0.05, 0.1) is 19.2 Å². The van der Waals surface area contributed by atoms with E-state index in [0.717, 1.165) is 11.1 Å². The number of hydrogen-bond donors (Lipinski definition) is 0. The SMILES string of the molecule is CC(c1cnc(OCC2CC2)c(Cl)c1)N1Cc2c(ccnc2Cl)C1=O. The van der Waals surface area contributed by atoms with Crippen LogP contribution in [0.1, 0.15) is 47.3 Å². The van der Waals surface area contributed by atoms with E-state index in [0.29, 0.717) is 40.7 Å². The number of fused-ring (bicyclic) bond motifs is 1. The van der Waals surface area contributed by atoms with E-state index in [-0.39, 0.29) is 11.9 Å². The summed E-state index contributed by atoms with van der Waals surface area (Å²) in [6, 6.07) is 3.34. The minimum atomic E-state index is -0.182. The van der Waals surface area contributed by atoms with E-state index in [1.165, 1.54) is 12.8 Å². The van der Waals surface area contributed by atoms with Crippen LogP contribution in [0.25, 0.3) is 0 Å². The lowest BCUT2D eigenvalue weighted by molar-refractivity contribution is 0.0715. The molecule has 0 saturated heterocycles. The second-order valence-corrected chi connectivity index (χ2v) is 7.31. The molecule has 1 aliphatic heterocycles. The lowest BCUT2D eigenvalue weighted by Gasteiger charge is -2.24. The van der Waals surface area contributed by atoms with Gasteiger partial charge in [0.1, 0.15) is 10.2 Å². The van der Waals surface area contributed by atoms with Crippen molar-refractivity contribution in [2.24, 2.45) is 5.92 Å². The molecule has 7 heteroatoms. The van der Waals surface area contributed by atoms with Crippen LogP contribution in [0.2, 0.25) is 10.2 Å². The van der Waals surface area contributed by atoms with Crippen LogP contribution in [0.3, 0.4) is 0 Å². The number of carbonyl (C=O) groups excluding carboxylic acids is 1. The maximum Gasteiger partial charge on any atom is 0.255 e. The molecule has 2 aromatic heterocycles. The summed E-state index contributed by atoms with van der Waals surface area (Å²) < 4.78 is 5.66. The maximum atomic E-state index is 12.7. The second-order valence-electron chi connectivity index (χ2n) is 6.55. The Balaban J connectivity index is 1.53. The lowest BCUT2D eigenvalue weighted by atomic mass is 10.1. The summed E-state index contributed by atoms with van der Waals surface area (Å²) in [5.41, 5.74) is 2.23. The van der Waals surface area contributed by atoms with Crippen molar-refractivity contribution in [3.8, 4) is 5.88 Å². The predicted octanol–water partition coefficient (Wildman–Crippen LogP) is 4.29. The van der Waals surface area contributed by atoms with E-state index in [9.17, 15) is 4.79 Å². The Morgan fingerprint density at radius 2 is 2.16 bits per heavy atom. The van der Waals surface area contributed by atoms with Gasteiger partial charge < -0.3 is 9.64 Å².